The van der Waals surface area contributed by atoms with E-state index < -0.39 is 17.6 Å². The van der Waals surface area contributed by atoms with Gasteiger partial charge in [-0.15, -0.1) is 0 Å². The van der Waals surface area contributed by atoms with Crippen LogP contribution in [0.25, 0.3) is 11.1 Å². The summed E-state index contributed by atoms with van der Waals surface area (Å²) in [5, 5.41) is 12.3. The lowest BCUT2D eigenvalue weighted by molar-refractivity contribution is -0.155. The maximum atomic E-state index is 12.6. The van der Waals surface area contributed by atoms with Gasteiger partial charge in [0.1, 0.15) is 12.1 Å². The van der Waals surface area contributed by atoms with Gasteiger partial charge in [0.25, 0.3) is 0 Å². The molecule has 1 fully saturated rings. The molecule has 2 atom stereocenters. The fourth-order valence-corrected chi connectivity index (χ4v) is 5.04. The molecule has 2 amide bonds. The number of carboxylic acids is 1. The van der Waals surface area contributed by atoms with Crippen LogP contribution in [0, 0.1) is 5.92 Å². The molecule has 2 aromatic carbocycles. The number of likely N-dealkylation sites (N-methyl/N-ethyl adjacent to an activating group) is 1. The van der Waals surface area contributed by atoms with Gasteiger partial charge in [-0.05, 0) is 61.3 Å². The largest absolute Gasteiger partial charge is 0.480 e. The number of carboxylic acid groups (broad SMARTS) is 1. The molecular weight excluding hydrogens is 432 g/mol. The Bertz CT molecular complexity index is 1050. The summed E-state index contributed by atoms with van der Waals surface area (Å²) in [6.07, 6.45) is 2.09. The molecule has 0 aromatic heterocycles. The second kappa shape index (κ2) is 9.49. The van der Waals surface area contributed by atoms with Crippen molar-refractivity contribution in [2.45, 2.75) is 57.0 Å². The summed E-state index contributed by atoms with van der Waals surface area (Å²) in [6.45, 7) is 3.30. The van der Waals surface area contributed by atoms with Gasteiger partial charge in [-0.2, -0.15) is 0 Å². The zero-order valence-corrected chi connectivity index (χ0v) is 19.9. The first kappa shape index (κ1) is 23.8. The predicted octanol–water partition coefficient (Wildman–Crippen LogP) is 4.41. The average molecular weight is 465 g/mol. The van der Waals surface area contributed by atoms with Crippen molar-refractivity contribution in [3.05, 3.63) is 59.7 Å². The molecule has 0 aliphatic heterocycles. The summed E-state index contributed by atoms with van der Waals surface area (Å²) >= 11 is 0. The molecule has 34 heavy (non-hydrogen) atoms. The van der Waals surface area contributed by atoms with Crippen molar-refractivity contribution in [1.29, 1.82) is 0 Å². The van der Waals surface area contributed by atoms with E-state index in [0.717, 1.165) is 12.8 Å². The van der Waals surface area contributed by atoms with Crippen LogP contribution in [0.15, 0.2) is 48.5 Å². The minimum atomic E-state index is -1.26. The number of hydrogen-bond acceptors (Lipinski definition) is 4. The average Bonchev–Trinajstić information content (AvgIpc) is 3.38. The molecular formula is C27H32N2O5. The first-order chi connectivity index (χ1) is 16.2. The van der Waals surface area contributed by atoms with E-state index in [2.05, 4.69) is 29.6 Å². The summed E-state index contributed by atoms with van der Waals surface area (Å²) in [6, 6.07) is 16.4. The monoisotopic (exact) mass is 464 g/mol. The van der Waals surface area contributed by atoms with E-state index in [1.54, 1.807) is 0 Å². The molecule has 2 aliphatic rings. The summed E-state index contributed by atoms with van der Waals surface area (Å²) in [4.78, 5) is 37.8. The molecule has 2 unspecified atom stereocenters. The zero-order valence-electron chi connectivity index (χ0n) is 19.9. The van der Waals surface area contributed by atoms with E-state index >= 15 is 0 Å². The van der Waals surface area contributed by atoms with Gasteiger partial charge >= 0.3 is 12.1 Å². The molecule has 7 nitrogen and oxygen atoms in total. The van der Waals surface area contributed by atoms with Crippen LogP contribution in [-0.2, 0) is 14.3 Å². The summed E-state index contributed by atoms with van der Waals surface area (Å²) in [5.41, 5.74) is 3.46. The van der Waals surface area contributed by atoms with Crippen LogP contribution in [-0.4, -0.2) is 53.2 Å². The van der Waals surface area contributed by atoms with Crippen molar-refractivity contribution in [3.63, 3.8) is 0 Å². The number of fused-ring (bicyclic) bond motifs is 3. The molecule has 2 aromatic rings. The molecule has 7 heteroatoms. The quantitative estimate of drug-likeness (QED) is 0.633. The Hall–Kier alpha value is -3.35. The molecule has 180 valence electrons. The summed E-state index contributed by atoms with van der Waals surface area (Å²) < 4.78 is 5.64. The van der Waals surface area contributed by atoms with Gasteiger partial charge in [0.05, 0.1) is 0 Å². The lowest BCUT2D eigenvalue weighted by atomic mass is 9.98. The van der Waals surface area contributed by atoms with E-state index in [1.807, 2.05) is 24.3 Å². The Morgan fingerprint density at radius 2 is 1.62 bits per heavy atom. The SMILES string of the molecule is CN(C(=O)CC1CCC(NC(=O)OCC2c3ccccc3-c3ccccc32)C1)C(C)(C)C(=O)O. The molecule has 2 N–H and O–H groups in total. The number of hydrogen-bond donors (Lipinski definition) is 2. The van der Waals surface area contributed by atoms with Crippen molar-refractivity contribution in [3.8, 4) is 11.1 Å². The van der Waals surface area contributed by atoms with Crippen LogP contribution in [0.3, 0.4) is 0 Å². The van der Waals surface area contributed by atoms with Crippen LogP contribution in [0.4, 0.5) is 4.79 Å². The van der Waals surface area contributed by atoms with Gasteiger partial charge in [0, 0.05) is 25.4 Å². The molecule has 0 heterocycles. The molecule has 2 aliphatic carbocycles. The number of carbonyl (C=O) groups excluding carboxylic acids is 2. The number of nitrogens with one attached hydrogen (secondary N) is 1. The number of aliphatic carboxylic acids is 1. The first-order valence-corrected chi connectivity index (χ1v) is 11.8. The Morgan fingerprint density at radius 1 is 1.03 bits per heavy atom. The highest BCUT2D eigenvalue weighted by Crippen LogP contribution is 2.44. The van der Waals surface area contributed by atoms with E-state index in [0.29, 0.717) is 6.42 Å². The summed E-state index contributed by atoms with van der Waals surface area (Å²) in [7, 11) is 1.53. The molecule has 0 radical (unpaired) electrons. The number of amides is 2. The number of carbonyl (C=O) groups is 3. The normalized spacial score (nSPS) is 19.3. The fourth-order valence-electron chi connectivity index (χ4n) is 5.04. The predicted molar refractivity (Wildman–Crippen MR) is 128 cm³/mol. The van der Waals surface area contributed by atoms with Crippen LogP contribution >= 0.6 is 0 Å². The minimum absolute atomic E-state index is 0.0141. The Morgan fingerprint density at radius 3 is 2.21 bits per heavy atom. The van der Waals surface area contributed by atoms with Gasteiger partial charge in [-0.3, -0.25) is 4.79 Å². The van der Waals surface area contributed by atoms with Crippen molar-refractivity contribution >= 4 is 18.0 Å². The lowest BCUT2D eigenvalue weighted by Gasteiger charge is -2.32. The number of alkyl carbamates (subject to hydrolysis) is 1. The maximum Gasteiger partial charge on any atom is 0.407 e. The smallest absolute Gasteiger partial charge is 0.407 e. The van der Waals surface area contributed by atoms with Gasteiger partial charge in [0.2, 0.25) is 5.91 Å². The second-order valence-corrected chi connectivity index (χ2v) is 9.87. The topological polar surface area (TPSA) is 95.9 Å². The van der Waals surface area contributed by atoms with Crippen LogP contribution in [0.5, 0.6) is 0 Å². The fraction of sp³-hybridized carbons (Fsp3) is 0.444. The maximum absolute atomic E-state index is 12.6. The minimum Gasteiger partial charge on any atom is -0.480 e. The second-order valence-electron chi connectivity index (χ2n) is 9.87. The highest BCUT2D eigenvalue weighted by atomic mass is 16.5. The van der Waals surface area contributed by atoms with E-state index in [9.17, 15) is 19.5 Å². The van der Waals surface area contributed by atoms with E-state index in [1.165, 1.54) is 48.0 Å². The number of benzene rings is 2. The first-order valence-electron chi connectivity index (χ1n) is 11.8. The van der Waals surface area contributed by atoms with Crippen molar-refractivity contribution in [2.75, 3.05) is 13.7 Å². The number of rotatable bonds is 7. The Kier molecular flexibility index (Phi) is 6.64. The highest BCUT2D eigenvalue weighted by Gasteiger charge is 2.37. The van der Waals surface area contributed by atoms with Gasteiger partial charge in [-0.1, -0.05) is 48.5 Å². The van der Waals surface area contributed by atoms with Crippen LogP contribution < -0.4 is 5.32 Å². The number of nitrogens with zero attached hydrogens (tertiary/aromatic N) is 1. The van der Waals surface area contributed by atoms with Crippen molar-refractivity contribution in [1.82, 2.24) is 10.2 Å². The third-order valence-corrected chi connectivity index (χ3v) is 7.41. The van der Waals surface area contributed by atoms with Crippen LogP contribution in [0.2, 0.25) is 0 Å². The zero-order chi connectivity index (χ0) is 24.5. The highest BCUT2D eigenvalue weighted by molar-refractivity contribution is 5.86. The van der Waals surface area contributed by atoms with Crippen molar-refractivity contribution < 1.29 is 24.2 Å². The molecule has 1 saturated carbocycles. The number of ether oxygens (including phenoxy) is 1. The van der Waals surface area contributed by atoms with E-state index in [4.69, 9.17) is 4.74 Å². The molecule has 0 saturated heterocycles. The Balaban J connectivity index is 1.28. The van der Waals surface area contributed by atoms with Gasteiger partial charge < -0.3 is 20.1 Å². The van der Waals surface area contributed by atoms with Gasteiger partial charge in [-0.25, -0.2) is 9.59 Å². The third-order valence-electron chi connectivity index (χ3n) is 7.41. The van der Waals surface area contributed by atoms with Crippen LogP contribution in [0.1, 0.15) is 56.6 Å². The lowest BCUT2D eigenvalue weighted by Crippen LogP contribution is -2.51. The third kappa shape index (κ3) is 4.65. The molecule has 0 bridgehead atoms. The standard InChI is InChI=1S/C27H32N2O5/c1-27(2,25(31)32)29(3)24(30)15-17-12-13-18(14-17)28-26(33)34-16-23-21-10-6-4-8-19(21)20-9-5-7-11-22(20)23/h4-11,17-18,23H,12-16H2,1-3H3,(H,28,33)(H,31,32). The molecule has 0 spiro atoms. The Labute approximate surface area is 200 Å². The van der Waals surface area contributed by atoms with Crippen molar-refractivity contribution in [2.24, 2.45) is 5.92 Å². The van der Waals surface area contributed by atoms with E-state index in [-0.39, 0.29) is 36.8 Å². The summed E-state index contributed by atoms with van der Waals surface area (Å²) in [5.74, 6) is -1.11. The molecule has 4 rings (SSSR count). The van der Waals surface area contributed by atoms with Gasteiger partial charge in [0.15, 0.2) is 0 Å².